The van der Waals surface area contributed by atoms with E-state index in [2.05, 4.69) is 18.5 Å². The summed E-state index contributed by atoms with van der Waals surface area (Å²) >= 11 is 1.63. The second kappa shape index (κ2) is 6.85. The van der Waals surface area contributed by atoms with Crippen LogP contribution in [0.3, 0.4) is 0 Å². The molecule has 2 aromatic heterocycles. The molecule has 0 bridgehead atoms. The molecular weight excluding hydrogens is 360 g/mol. The monoisotopic (exact) mass is 382 g/mol. The number of fused-ring (bicyclic) bond motifs is 3. The summed E-state index contributed by atoms with van der Waals surface area (Å²) < 4.78 is 5.29. The Bertz CT molecular complexity index is 1100. The smallest absolute Gasteiger partial charge is 0.260 e. The quantitative estimate of drug-likeness (QED) is 0.663. The molecule has 0 spiro atoms. The molecule has 0 fully saturated rings. The third-order valence-corrected chi connectivity index (χ3v) is 6.33. The van der Waals surface area contributed by atoms with Crippen molar-refractivity contribution < 1.29 is 9.84 Å². The van der Waals surface area contributed by atoms with Gasteiger partial charge in [0.2, 0.25) is 0 Å². The maximum atomic E-state index is 12.8. The molecule has 6 heteroatoms. The number of aromatic hydroxyl groups is 1. The van der Waals surface area contributed by atoms with E-state index in [0.717, 1.165) is 29.5 Å². The highest BCUT2D eigenvalue weighted by Gasteiger charge is 2.23. The number of nitrogens with one attached hydrogen (secondary N) is 1. The van der Waals surface area contributed by atoms with Crippen molar-refractivity contribution in [3.8, 4) is 22.9 Å². The van der Waals surface area contributed by atoms with Crippen molar-refractivity contribution >= 4 is 21.6 Å². The zero-order valence-electron chi connectivity index (χ0n) is 15.5. The minimum Gasteiger partial charge on any atom is -0.504 e. The van der Waals surface area contributed by atoms with Gasteiger partial charge in [-0.25, -0.2) is 4.98 Å². The largest absolute Gasteiger partial charge is 0.504 e. The highest BCUT2D eigenvalue weighted by molar-refractivity contribution is 7.18. The van der Waals surface area contributed by atoms with Crippen molar-refractivity contribution in [2.75, 3.05) is 7.11 Å². The van der Waals surface area contributed by atoms with E-state index in [0.29, 0.717) is 35.0 Å². The van der Waals surface area contributed by atoms with Crippen LogP contribution in [0.25, 0.3) is 21.6 Å². The fraction of sp³-hybridized carbons (Fsp3) is 0.333. The first-order chi connectivity index (χ1) is 13.0. The SMILES string of the molecule is C=CCc1cc(-c2nc3sc4c(c3c(=O)[nH]2)CCC(C)C4)cc(OC)c1O. The second-order valence-electron chi connectivity index (χ2n) is 7.13. The number of H-pyrrole nitrogens is 1. The number of nitrogens with zero attached hydrogens (tertiary/aromatic N) is 1. The van der Waals surface area contributed by atoms with Gasteiger partial charge < -0.3 is 14.8 Å². The van der Waals surface area contributed by atoms with Crippen molar-refractivity contribution in [1.82, 2.24) is 9.97 Å². The van der Waals surface area contributed by atoms with Crippen LogP contribution in [0.15, 0.2) is 29.6 Å². The molecule has 1 atom stereocenters. The van der Waals surface area contributed by atoms with E-state index in [1.54, 1.807) is 23.5 Å². The van der Waals surface area contributed by atoms with Crippen molar-refractivity contribution in [3.05, 3.63) is 51.1 Å². The standard InChI is InChI=1S/C21H22N2O3S/c1-4-5-12-9-13(10-15(26-3)18(12)24)19-22-20(25)17-14-7-6-11(2)8-16(14)27-21(17)23-19/h4,9-11,24H,1,5-8H2,2-3H3,(H,22,23,25). The summed E-state index contributed by atoms with van der Waals surface area (Å²) in [6.07, 6.45) is 5.28. The van der Waals surface area contributed by atoms with E-state index in [-0.39, 0.29) is 11.3 Å². The number of rotatable bonds is 4. The van der Waals surface area contributed by atoms with E-state index in [1.165, 1.54) is 17.6 Å². The molecule has 2 heterocycles. The fourth-order valence-corrected chi connectivity index (χ4v) is 5.14. The molecule has 1 aliphatic carbocycles. The van der Waals surface area contributed by atoms with Gasteiger partial charge in [-0.1, -0.05) is 13.0 Å². The van der Waals surface area contributed by atoms with Crippen LogP contribution in [-0.4, -0.2) is 22.2 Å². The number of hydrogen-bond acceptors (Lipinski definition) is 5. The minimum absolute atomic E-state index is 0.0881. The topological polar surface area (TPSA) is 75.2 Å². The molecule has 0 aliphatic heterocycles. The van der Waals surface area contributed by atoms with Crippen molar-refractivity contribution in [2.24, 2.45) is 5.92 Å². The lowest BCUT2D eigenvalue weighted by Crippen LogP contribution is -2.13. The van der Waals surface area contributed by atoms with Gasteiger partial charge in [0.1, 0.15) is 10.7 Å². The van der Waals surface area contributed by atoms with Crippen LogP contribution in [0.1, 0.15) is 29.3 Å². The normalized spacial score (nSPS) is 16.3. The van der Waals surface area contributed by atoms with Gasteiger partial charge in [-0.15, -0.1) is 17.9 Å². The second-order valence-corrected chi connectivity index (χ2v) is 8.21. The minimum atomic E-state index is -0.0978. The number of thiophene rings is 1. The highest BCUT2D eigenvalue weighted by Crippen LogP contribution is 2.38. The summed E-state index contributed by atoms with van der Waals surface area (Å²) in [5.74, 6) is 1.58. The molecule has 5 nitrogen and oxygen atoms in total. The van der Waals surface area contributed by atoms with E-state index >= 15 is 0 Å². The summed E-state index contributed by atoms with van der Waals surface area (Å²) in [6.45, 7) is 5.98. The average Bonchev–Trinajstić information content (AvgIpc) is 3.01. The highest BCUT2D eigenvalue weighted by atomic mass is 32.1. The first kappa shape index (κ1) is 17.8. The lowest BCUT2D eigenvalue weighted by molar-refractivity contribution is 0.371. The Balaban J connectivity index is 1.89. The van der Waals surface area contributed by atoms with Crippen LogP contribution in [0.2, 0.25) is 0 Å². The van der Waals surface area contributed by atoms with Crippen LogP contribution in [0.5, 0.6) is 11.5 Å². The Morgan fingerprint density at radius 2 is 2.30 bits per heavy atom. The Labute approximate surface area is 161 Å². The molecular formula is C21H22N2O3S. The molecule has 4 rings (SSSR count). The number of allylic oxidation sites excluding steroid dienone is 1. The summed E-state index contributed by atoms with van der Waals surface area (Å²) in [5, 5.41) is 11.0. The number of phenolic OH excluding ortho intramolecular Hbond substituents is 1. The third-order valence-electron chi connectivity index (χ3n) is 5.18. The van der Waals surface area contributed by atoms with Crippen LogP contribution in [-0.2, 0) is 19.3 Å². The van der Waals surface area contributed by atoms with Crippen molar-refractivity contribution in [3.63, 3.8) is 0 Å². The first-order valence-corrected chi connectivity index (χ1v) is 9.89. The van der Waals surface area contributed by atoms with Gasteiger partial charge >= 0.3 is 0 Å². The average molecular weight is 382 g/mol. The molecule has 140 valence electrons. The fourth-order valence-electron chi connectivity index (χ4n) is 3.75. The van der Waals surface area contributed by atoms with E-state index < -0.39 is 0 Å². The summed E-state index contributed by atoms with van der Waals surface area (Å²) in [4.78, 5) is 22.6. The van der Waals surface area contributed by atoms with Gasteiger partial charge in [-0.3, -0.25) is 4.79 Å². The van der Waals surface area contributed by atoms with Gasteiger partial charge in [-0.05, 0) is 49.3 Å². The molecule has 1 aliphatic rings. The molecule has 2 N–H and O–H groups in total. The molecule has 0 saturated carbocycles. The summed E-state index contributed by atoms with van der Waals surface area (Å²) in [7, 11) is 1.50. The maximum absolute atomic E-state index is 12.8. The van der Waals surface area contributed by atoms with Gasteiger partial charge in [0.25, 0.3) is 5.56 Å². The van der Waals surface area contributed by atoms with Crippen LogP contribution >= 0.6 is 11.3 Å². The van der Waals surface area contributed by atoms with E-state index in [1.807, 2.05) is 6.07 Å². The number of phenols is 1. The predicted molar refractivity (Wildman–Crippen MR) is 109 cm³/mol. The van der Waals surface area contributed by atoms with Crippen LogP contribution in [0.4, 0.5) is 0 Å². The summed E-state index contributed by atoms with van der Waals surface area (Å²) in [6, 6.07) is 3.51. The molecule has 1 aromatic carbocycles. The number of aromatic amines is 1. The Morgan fingerprint density at radius 3 is 3.04 bits per heavy atom. The first-order valence-electron chi connectivity index (χ1n) is 9.07. The van der Waals surface area contributed by atoms with Gasteiger partial charge in [-0.2, -0.15) is 0 Å². The van der Waals surface area contributed by atoms with Crippen LogP contribution < -0.4 is 10.3 Å². The van der Waals surface area contributed by atoms with Gasteiger partial charge in [0.05, 0.1) is 12.5 Å². The van der Waals surface area contributed by atoms with E-state index in [4.69, 9.17) is 9.72 Å². The van der Waals surface area contributed by atoms with Crippen molar-refractivity contribution in [2.45, 2.75) is 32.6 Å². The predicted octanol–water partition coefficient (Wildman–Crippen LogP) is 4.22. The van der Waals surface area contributed by atoms with Gasteiger partial charge in [0.15, 0.2) is 11.5 Å². The maximum Gasteiger partial charge on any atom is 0.260 e. The Kier molecular flexibility index (Phi) is 4.52. The molecule has 1 unspecified atom stereocenters. The zero-order chi connectivity index (χ0) is 19.1. The number of benzene rings is 1. The van der Waals surface area contributed by atoms with Gasteiger partial charge in [0, 0.05) is 16.0 Å². The number of hydrogen-bond donors (Lipinski definition) is 2. The number of methoxy groups -OCH3 is 1. The van der Waals surface area contributed by atoms with Crippen LogP contribution in [0, 0.1) is 5.92 Å². The Hall–Kier alpha value is -2.60. The summed E-state index contributed by atoms with van der Waals surface area (Å²) in [5.41, 5.74) is 2.46. The Morgan fingerprint density at radius 1 is 1.48 bits per heavy atom. The molecule has 0 radical (unpaired) electrons. The lowest BCUT2D eigenvalue weighted by Gasteiger charge is -2.17. The van der Waals surface area contributed by atoms with E-state index in [9.17, 15) is 9.90 Å². The zero-order valence-corrected chi connectivity index (χ0v) is 16.3. The molecule has 0 amide bonds. The number of aromatic nitrogens is 2. The number of ether oxygens (including phenoxy) is 1. The van der Waals surface area contributed by atoms with Crippen molar-refractivity contribution in [1.29, 1.82) is 0 Å². The molecule has 27 heavy (non-hydrogen) atoms. The molecule has 0 saturated heterocycles. The third kappa shape index (κ3) is 3.04. The molecule has 3 aromatic rings. The number of aryl methyl sites for hydroxylation is 1. The lowest BCUT2D eigenvalue weighted by atomic mass is 9.89.